The molecule has 2 aromatic rings. The molecule has 0 aliphatic rings. The SMILES string of the molecule is [C-]#[N+]c1ccc2ncccc2c1. The monoisotopic (exact) mass is 154 g/mol. The van der Waals surface area contributed by atoms with E-state index in [-0.39, 0.29) is 0 Å². The molecule has 2 rings (SSSR count). The largest absolute Gasteiger partial charge is 0.256 e. The van der Waals surface area contributed by atoms with Crippen LogP contribution in [0.4, 0.5) is 5.69 Å². The van der Waals surface area contributed by atoms with E-state index < -0.39 is 0 Å². The lowest BCUT2D eigenvalue weighted by atomic mass is 10.2. The first-order valence-electron chi connectivity index (χ1n) is 3.62. The van der Waals surface area contributed by atoms with Gasteiger partial charge >= 0.3 is 0 Å². The third-order valence-corrected chi connectivity index (χ3v) is 1.72. The fourth-order valence-electron chi connectivity index (χ4n) is 1.13. The molecule has 56 valence electrons. The second-order valence-corrected chi connectivity index (χ2v) is 2.49. The summed E-state index contributed by atoms with van der Waals surface area (Å²) in [6.07, 6.45) is 1.75. The van der Waals surface area contributed by atoms with Crippen molar-refractivity contribution in [3.8, 4) is 0 Å². The van der Waals surface area contributed by atoms with Crippen molar-refractivity contribution in [2.24, 2.45) is 0 Å². The van der Waals surface area contributed by atoms with Gasteiger partial charge in [-0.3, -0.25) is 4.98 Å². The maximum absolute atomic E-state index is 6.82. The van der Waals surface area contributed by atoms with E-state index in [0.717, 1.165) is 10.9 Å². The summed E-state index contributed by atoms with van der Waals surface area (Å²) in [5.74, 6) is 0. The van der Waals surface area contributed by atoms with E-state index in [1.54, 1.807) is 12.3 Å². The number of hydrogen-bond acceptors (Lipinski definition) is 1. The molecular weight excluding hydrogens is 148 g/mol. The van der Waals surface area contributed by atoms with E-state index in [4.69, 9.17) is 6.57 Å². The predicted molar refractivity (Wildman–Crippen MR) is 48.0 cm³/mol. The van der Waals surface area contributed by atoms with Crippen molar-refractivity contribution < 1.29 is 0 Å². The van der Waals surface area contributed by atoms with E-state index in [0.29, 0.717) is 5.69 Å². The molecular formula is C10H6N2. The molecule has 0 unspecified atom stereocenters. The second kappa shape index (κ2) is 2.63. The molecule has 0 saturated carbocycles. The van der Waals surface area contributed by atoms with Gasteiger partial charge in [0.2, 0.25) is 0 Å². The molecule has 0 radical (unpaired) electrons. The first-order valence-corrected chi connectivity index (χ1v) is 3.62. The summed E-state index contributed by atoms with van der Waals surface area (Å²) in [5.41, 5.74) is 1.60. The lowest BCUT2D eigenvalue weighted by Crippen LogP contribution is -1.74. The van der Waals surface area contributed by atoms with Gasteiger partial charge in [-0.1, -0.05) is 12.1 Å². The molecule has 0 amide bonds. The van der Waals surface area contributed by atoms with Gasteiger partial charge in [-0.25, -0.2) is 4.85 Å². The quantitative estimate of drug-likeness (QED) is 0.533. The Morgan fingerprint density at radius 1 is 1.25 bits per heavy atom. The molecule has 0 saturated heterocycles. The van der Waals surface area contributed by atoms with Crippen molar-refractivity contribution in [2.45, 2.75) is 0 Å². The number of nitrogens with zero attached hydrogens (tertiary/aromatic N) is 2. The Hall–Kier alpha value is -1.88. The lowest BCUT2D eigenvalue weighted by Gasteiger charge is -1.94. The standard InChI is InChI=1S/C10H6N2/c1-11-9-4-5-10-8(7-9)3-2-6-12-10/h2-7H. The maximum Gasteiger partial charge on any atom is 0.187 e. The van der Waals surface area contributed by atoms with Crippen molar-refractivity contribution in [3.05, 3.63) is 47.9 Å². The van der Waals surface area contributed by atoms with Crippen LogP contribution in [0.3, 0.4) is 0 Å². The number of rotatable bonds is 0. The van der Waals surface area contributed by atoms with Crippen LogP contribution >= 0.6 is 0 Å². The molecule has 0 fully saturated rings. The van der Waals surface area contributed by atoms with Crippen LogP contribution in [0.2, 0.25) is 0 Å². The number of aromatic nitrogens is 1. The Morgan fingerprint density at radius 3 is 3.00 bits per heavy atom. The molecule has 0 atom stereocenters. The van der Waals surface area contributed by atoms with Crippen LogP contribution in [0.25, 0.3) is 15.7 Å². The summed E-state index contributed by atoms with van der Waals surface area (Å²) < 4.78 is 0. The Kier molecular flexibility index (Phi) is 1.49. The van der Waals surface area contributed by atoms with Gasteiger partial charge in [-0.05, 0) is 23.6 Å². The highest BCUT2D eigenvalue weighted by molar-refractivity contribution is 5.82. The number of benzene rings is 1. The van der Waals surface area contributed by atoms with Crippen LogP contribution in [0.5, 0.6) is 0 Å². The predicted octanol–water partition coefficient (Wildman–Crippen LogP) is 2.79. The second-order valence-electron chi connectivity index (χ2n) is 2.49. The summed E-state index contributed by atoms with van der Waals surface area (Å²) in [7, 11) is 0. The maximum atomic E-state index is 6.82. The highest BCUT2D eigenvalue weighted by atomic mass is 14.7. The molecule has 0 spiro atoms. The van der Waals surface area contributed by atoms with Crippen LogP contribution < -0.4 is 0 Å². The first-order chi connectivity index (χ1) is 5.90. The highest BCUT2D eigenvalue weighted by Gasteiger charge is 1.93. The van der Waals surface area contributed by atoms with Crippen LogP contribution in [0, 0.1) is 6.57 Å². The van der Waals surface area contributed by atoms with E-state index in [2.05, 4.69) is 9.83 Å². The molecule has 0 aliphatic carbocycles. The normalized spacial score (nSPS) is 9.58. The fraction of sp³-hybridized carbons (Fsp3) is 0. The summed E-state index contributed by atoms with van der Waals surface area (Å²) >= 11 is 0. The molecule has 0 bridgehead atoms. The summed E-state index contributed by atoms with van der Waals surface area (Å²) in [6, 6.07) is 9.31. The van der Waals surface area contributed by atoms with E-state index in [9.17, 15) is 0 Å². The minimum Gasteiger partial charge on any atom is -0.256 e. The lowest BCUT2D eigenvalue weighted by molar-refractivity contribution is 1.41. The minimum atomic E-state index is 0.663. The van der Waals surface area contributed by atoms with Gasteiger partial charge in [0, 0.05) is 6.20 Å². The number of hydrogen-bond donors (Lipinski definition) is 0. The van der Waals surface area contributed by atoms with Crippen molar-refractivity contribution in [2.75, 3.05) is 0 Å². The molecule has 0 aliphatic heterocycles. The van der Waals surface area contributed by atoms with Gasteiger partial charge in [-0.15, -0.1) is 0 Å². The summed E-state index contributed by atoms with van der Waals surface area (Å²) in [5, 5.41) is 1.02. The zero-order chi connectivity index (χ0) is 8.39. The minimum absolute atomic E-state index is 0.663. The average molecular weight is 154 g/mol. The van der Waals surface area contributed by atoms with Gasteiger partial charge in [-0.2, -0.15) is 0 Å². The smallest absolute Gasteiger partial charge is 0.187 e. The summed E-state index contributed by atoms with van der Waals surface area (Å²) in [6.45, 7) is 6.82. The number of fused-ring (bicyclic) bond motifs is 1. The molecule has 1 heterocycles. The molecule has 1 aromatic heterocycles. The fourth-order valence-corrected chi connectivity index (χ4v) is 1.13. The third-order valence-electron chi connectivity index (χ3n) is 1.72. The molecule has 2 nitrogen and oxygen atoms in total. The molecule has 12 heavy (non-hydrogen) atoms. The topological polar surface area (TPSA) is 17.2 Å². The van der Waals surface area contributed by atoms with Crippen LogP contribution in [0.15, 0.2) is 36.5 Å². The zero-order valence-electron chi connectivity index (χ0n) is 6.36. The van der Waals surface area contributed by atoms with Gasteiger partial charge in [0.25, 0.3) is 0 Å². The van der Waals surface area contributed by atoms with Crippen molar-refractivity contribution in [1.29, 1.82) is 0 Å². The van der Waals surface area contributed by atoms with Gasteiger partial charge in [0.05, 0.1) is 12.1 Å². The zero-order valence-corrected chi connectivity index (χ0v) is 6.36. The summed E-state index contributed by atoms with van der Waals surface area (Å²) in [4.78, 5) is 7.50. The van der Waals surface area contributed by atoms with Gasteiger partial charge in [0.15, 0.2) is 5.69 Å². The van der Waals surface area contributed by atoms with Crippen LogP contribution in [0.1, 0.15) is 0 Å². The van der Waals surface area contributed by atoms with Gasteiger partial charge in [0.1, 0.15) is 0 Å². The Labute approximate surface area is 70.3 Å². The number of pyridine rings is 1. The highest BCUT2D eigenvalue weighted by Crippen LogP contribution is 2.18. The Bertz CT molecular complexity index is 455. The van der Waals surface area contributed by atoms with Crippen LogP contribution in [-0.4, -0.2) is 4.98 Å². The third kappa shape index (κ3) is 1.02. The average Bonchev–Trinajstić information content (AvgIpc) is 2.17. The van der Waals surface area contributed by atoms with E-state index in [1.165, 1.54) is 0 Å². The Morgan fingerprint density at radius 2 is 2.17 bits per heavy atom. The van der Waals surface area contributed by atoms with Crippen molar-refractivity contribution in [3.63, 3.8) is 0 Å². The van der Waals surface area contributed by atoms with Crippen LogP contribution in [-0.2, 0) is 0 Å². The van der Waals surface area contributed by atoms with Gasteiger partial charge < -0.3 is 0 Å². The van der Waals surface area contributed by atoms with Crippen molar-refractivity contribution >= 4 is 16.6 Å². The van der Waals surface area contributed by atoms with E-state index >= 15 is 0 Å². The Balaban J connectivity index is 2.78. The molecule has 0 N–H and O–H groups in total. The molecule has 2 heteroatoms. The molecule has 1 aromatic carbocycles. The van der Waals surface area contributed by atoms with E-state index in [1.807, 2.05) is 24.3 Å². The van der Waals surface area contributed by atoms with Crippen molar-refractivity contribution in [1.82, 2.24) is 4.98 Å². The first kappa shape index (κ1) is 6.81.